The molecule has 0 fully saturated rings. The van der Waals surface area contributed by atoms with Crippen LogP contribution in [0.3, 0.4) is 0 Å². The van der Waals surface area contributed by atoms with Gasteiger partial charge in [-0.2, -0.15) is 0 Å². The molecule has 0 atom stereocenters. The molecule has 0 aromatic heterocycles. The zero-order valence-corrected chi connectivity index (χ0v) is 23.2. The van der Waals surface area contributed by atoms with E-state index in [1.54, 1.807) is 6.08 Å². The minimum Gasteiger partial charge on any atom is -0.289 e. The number of benzene rings is 2. The SMILES string of the molecule is CCCCCCCCCCCCCCSc1ccc(C(=O)C=Cc2cccc(CCCC)c2)cc1. The molecule has 0 radical (unpaired) electrons. The Balaban J connectivity index is 1.58. The molecule has 2 aromatic carbocycles. The van der Waals surface area contributed by atoms with E-state index in [4.69, 9.17) is 0 Å². The third kappa shape index (κ3) is 13.8. The van der Waals surface area contributed by atoms with Gasteiger partial charge >= 0.3 is 0 Å². The Hall–Kier alpha value is -1.80. The van der Waals surface area contributed by atoms with Crippen molar-refractivity contribution in [2.24, 2.45) is 0 Å². The highest BCUT2D eigenvalue weighted by molar-refractivity contribution is 7.99. The summed E-state index contributed by atoms with van der Waals surface area (Å²) in [5.41, 5.74) is 3.20. The number of rotatable bonds is 20. The number of ketones is 1. The average Bonchev–Trinajstić information content (AvgIpc) is 2.89. The number of carbonyl (C=O) groups excluding carboxylic acids is 1. The van der Waals surface area contributed by atoms with Gasteiger partial charge in [-0.15, -0.1) is 11.8 Å². The van der Waals surface area contributed by atoms with Crippen molar-refractivity contribution in [3.05, 3.63) is 71.3 Å². The van der Waals surface area contributed by atoms with Crippen molar-refractivity contribution in [2.45, 2.75) is 115 Å². The smallest absolute Gasteiger partial charge is 0.185 e. The summed E-state index contributed by atoms with van der Waals surface area (Å²) in [6.07, 6.45) is 23.9. The average molecular weight is 493 g/mol. The molecule has 0 saturated heterocycles. The minimum absolute atomic E-state index is 0.0708. The van der Waals surface area contributed by atoms with Crippen LogP contribution in [0.1, 0.15) is 125 Å². The molecule has 0 aliphatic carbocycles. The number of carbonyl (C=O) groups is 1. The fourth-order valence-corrected chi connectivity index (χ4v) is 5.26. The summed E-state index contributed by atoms with van der Waals surface area (Å²) >= 11 is 1.91. The first-order valence-electron chi connectivity index (χ1n) is 14.3. The van der Waals surface area contributed by atoms with Crippen LogP contribution in [0.4, 0.5) is 0 Å². The molecule has 0 spiro atoms. The van der Waals surface area contributed by atoms with E-state index in [9.17, 15) is 4.79 Å². The van der Waals surface area contributed by atoms with Crippen LogP contribution >= 0.6 is 11.8 Å². The lowest BCUT2D eigenvalue weighted by Gasteiger charge is -2.04. The van der Waals surface area contributed by atoms with Gasteiger partial charge < -0.3 is 0 Å². The lowest BCUT2D eigenvalue weighted by molar-refractivity contribution is 0.104. The van der Waals surface area contributed by atoms with E-state index in [0.717, 1.165) is 17.5 Å². The molecule has 2 heteroatoms. The Labute approximate surface area is 220 Å². The van der Waals surface area contributed by atoms with Crippen LogP contribution in [0.5, 0.6) is 0 Å². The van der Waals surface area contributed by atoms with E-state index in [2.05, 4.69) is 50.2 Å². The molecule has 0 saturated carbocycles. The minimum atomic E-state index is 0.0708. The van der Waals surface area contributed by atoms with Crippen molar-refractivity contribution in [3.8, 4) is 0 Å². The zero-order valence-electron chi connectivity index (χ0n) is 22.4. The summed E-state index contributed by atoms with van der Waals surface area (Å²) < 4.78 is 0. The summed E-state index contributed by atoms with van der Waals surface area (Å²) in [5, 5.41) is 0. The molecule has 2 rings (SSSR count). The van der Waals surface area contributed by atoms with Gasteiger partial charge in [0.2, 0.25) is 0 Å². The Kier molecular flexibility index (Phi) is 16.3. The summed E-state index contributed by atoms with van der Waals surface area (Å²) in [7, 11) is 0. The number of hydrogen-bond donors (Lipinski definition) is 0. The third-order valence-corrected chi connectivity index (χ3v) is 7.70. The highest BCUT2D eigenvalue weighted by Crippen LogP contribution is 2.21. The third-order valence-electron chi connectivity index (χ3n) is 6.60. The lowest BCUT2D eigenvalue weighted by atomic mass is 10.0. The fourth-order valence-electron chi connectivity index (χ4n) is 4.35. The second-order valence-electron chi connectivity index (χ2n) is 9.81. The first-order valence-corrected chi connectivity index (χ1v) is 15.3. The molecule has 0 unspecified atom stereocenters. The normalized spacial score (nSPS) is 11.4. The van der Waals surface area contributed by atoms with E-state index in [0.29, 0.717) is 0 Å². The van der Waals surface area contributed by atoms with Crippen molar-refractivity contribution in [3.63, 3.8) is 0 Å². The maximum atomic E-state index is 12.6. The molecule has 0 heterocycles. The topological polar surface area (TPSA) is 17.1 Å². The Morgan fingerprint density at radius 2 is 1.31 bits per heavy atom. The van der Waals surface area contributed by atoms with Crippen LogP contribution in [-0.2, 0) is 6.42 Å². The van der Waals surface area contributed by atoms with Crippen LogP contribution in [0, 0.1) is 0 Å². The second kappa shape index (κ2) is 19.4. The van der Waals surface area contributed by atoms with Gasteiger partial charge in [-0.05, 0) is 66.5 Å². The molecule has 2 aromatic rings. The van der Waals surface area contributed by atoms with Crippen LogP contribution in [0.15, 0.2) is 59.5 Å². The molecule has 35 heavy (non-hydrogen) atoms. The fraction of sp³-hybridized carbons (Fsp3) is 0.545. The van der Waals surface area contributed by atoms with Crippen LogP contribution in [-0.4, -0.2) is 11.5 Å². The van der Waals surface area contributed by atoms with Gasteiger partial charge in [0.15, 0.2) is 5.78 Å². The number of allylic oxidation sites excluding steroid dienone is 1. The number of hydrogen-bond acceptors (Lipinski definition) is 2. The van der Waals surface area contributed by atoms with Crippen molar-refractivity contribution in [1.82, 2.24) is 0 Å². The van der Waals surface area contributed by atoms with Gasteiger partial charge in [-0.1, -0.05) is 121 Å². The summed E-state index contributed by atoms with van der Waals surface area (Å²) in [6.45, 7) is 4.50. The highest BCUT2D eigenvalue weighted by atomic mass is 32.2. The number of unbranched alkanes of at least 4 members (excludes halogenated alkanes) is 12. The monoisotopic (exact) mass is 492 g/mol. The quantitative estimate of drug-likeness (QED) is 0.0791. The van der Waals surface area contributed by atoms with Gasteiger partial charge in [0.05, 0.1) is 0 Å². The maximum Gasteiger partial charge on any atom is 0.185 e. The van der Waals surface area contributed by atoms with E-state index >= 15 is 0 Å². The van der Waals surface area contributed by atoms with Crippen LogP contribution in [0.2, 0.25) is 0 Å². The van der Waals surface area contributed by atoms with Gasteiger partial charge in [-0.3, -0.25) is 4.79 Å². The molecule has 0 N–H and O–H groups in total. The van der Waals surface area contributed by atoms with E-state index in [1.165, 1.54) is 106 Å². The molecule has 0 aliphatic rings. The Morgan fingerprint density at radius 1 is 0.714 bits per heavy atom. The highest BCUT2D eigenvalue weighted by Gasteiger charge is 2.03. The van der Waals surface area contributed by atoms with Crippen molar-refractivity contribution in [2.75, 3.05) is 5.75 Å². The zero-order chi connectivity index (χ0) is 25.0. The van der Waals surface area contributed by atoms with E-state index in [-0.39, 0.29) is 5.78 Å². The molecule has 0 amide bonds. The molecule has 1 nitrogen and oxygen atoms in total. The second-order valence-corrected chi connectivity index (χ2v) is 11.0. The Morgan fingerprint density at radius 3 is 1.94 bits per heavy atom. The van der Waals surface area contributed by atoms with Gasteiger partial charge in [-0.25, -0.2) is 0 Å². The maximum absolute atomic E-state index is 12.6. The summed E-state index contributed by atoms with van der Waals surface area (Å²) in [5.74, 6) is 1.24. The summed E-state index contributed by atoms with van der Waals surface area (Å²) in [6, 6.07) is 16.6. The first-order chi connectivity index (χ1) is 17.2. The van der Waals surface area contributed by atoms with Crippen molar-refractivity contribution in [1.29, 1.82) is 0 Å². The molecule has 0 aliphatic heterocycles. The summed E-state index contributed by atoms with van der Waals surface area (Å²) in [4.78, 5) is 13.8. The van der Waals surface area contributed by atoms with Crippen LogP contribution < -0.4 is 0 Å². The van der Waals surface area contributed by atoms with Gasteiger partial charge in [0.1, 0.15) is 0 Å². The predicted molar refractivity (Wildman–Crippen MR) is 157 cm³/mol. The lowest BCUT2D eigenvalue weighted by Crippen LogP contribution is -1.94. The van der Waals surface area contributed by atoms with Crippen molar-refractivity contribution >= 4 is 23.6 Å². The number of aryl methyl sites for hydroxylation is 1. The van der Waals surface area contributed by atoms with E-state index < -0.39 is 0 Å². The number of thioether (sulfide) groups is 1. The first kappa shape index (κ1) is 29.4. The predicted octanol–water partition coefficient (Wildman–Crippen LogP) is 10.7. The van der Waals surface area contributed by atoms with Crippen LogP contribution in [0.25, 0.3) is 6.08 Å². The molecular weight excluding hydrogens is 444 g/mol. The van der Waals surface area contributed by atoms with Gasteiger partial charge in [0.25, 0.3) is 0 Å². The van der Waals surface area contributed by atoms with Gasteiger partial charge in [0, 0.05) is 10.5 Å². The molecular formula is C33H48OS. The molecule has 192 valence electrons. The molecule has 0 bridgehead atoms. The standard InChI is InChI=1S/C33H48OS/c1-3-5-7-8-9-10-11-12-13-14-15-16-27-35-32-24-22-31(23-25-32)33(34)26-21-30-20-17-19-29(28-30)18-6-4-2/h17,19-26,28H,3-16,18,27H2,1-2H3. The largest absolute Gasteiger partial charge is 0.289 e. The van der Waals surface area contributed by atoms with E-state index in [1.807, 2.05) is 30.0 Å². The van der Waals surface area contributed by atoms with Crippen molar-refractivity contribution < 1.29 is 4.79 Å². The Bertz CT molecular complexity index is 836.